The number of hydrogen-bond donors (Lipinski definition) is 2. The minimum atomic E-state index is -0.0122. The van der Waals surface area contributed by atoms with Crippen molar-refractivity contribution in [1.29, 1.82) is 0 Å². The zero-order valence-electron chi connectivity index (χ0n) is 14.7. The van der Waals surface area contributed by atoms with Gasteiger partial charge in [-0.25, -0.2) is 0 Å². The summed E-state index contributed by atoms with van der Waals surface area (Å²) >= 11 is 0. The van der Waals surface area contributed by atoms with Gasteiger partial charge < -0.3 is 15.4 Å². The van der Waals surface area contributed by atoms with Crippen molar-refractivity contribution in [2.75, 3.05) is 19.7 Å². The third-order valence-corrected chi connectivity index (χ3v) is 4.58. The quantitative estimate of drug-likeness (QED) is 0.814. The van der Waals surface area contributed by atoms with Crippen LogP contribution in [0.2, 0.25) is 0 Å². The topological polar surface area (TPSA) is 50.4 Å². The summed E-state index contributed by atoms with van der Waals surface area (Å²) in [4.78, 5) is 12.1. The summed E-state index contributed by atoms with van der Waals surface area (Å²) in [7, 11) is 0. The van der Waals surface area contributed by atoms with Crippen LogP contribution in [0.3, 0.4) is 0 Å². The van der Waals surface area contributed by atoms with Crippen LogP contribution in [0.1, 0.15) is 31.4 Å². The second kappa shape index (κ2) is 8.79. The minimum absolute atomic E-state index is 0.0117. The summed E-state index contributed by atoms with van der Waals surface area (Å²) < 4.78 is 5.54. The Hall–Kier alpha value is -2.17. The van der Waals surface area contributed by atoms with Gasteiger partial charge in [0.25, 0.3) is 0 Å². The molecule has 1 heterocycles. The van der Waals surface area contributed by atoms with Gasteiger partial charge in [-0.2, -0.15) is 0 Å². The lowest BCUT2D eigenvalue weighted by molar-refractivity contribution is -0.120. The van der Waals surface area contributed by atoms with Gasteiger partial charge in [-0.05, 0) is 36.5 Å². The molecule has 4 nitrogen and oxygen atoms in total. The molecule has 0 saturated carbocycles. The molecule has 2 aromatic rings. The first-order valence-electron chi connectivity index (χ1n) is 8.99. The number of carbonyl (C=O) groups is 1. The predicted octanol–water partition coefficient (Wildman–Crippen LogP) is 3.30. The predicted molar refractivity (Wildman–Crippen MR) is 100 cm³/mol. The monoisotopic (exact) mass is 338 g/mol. The van der Waals surface area contributed by atoms with Crippen LogP contribution in [0, 0.1) is 0 Å². The maximum absolute atomic E-state index is 12.1. The van der Waals surface area contributed by atoms with Gasteiger partial charge in [0, 0.05) is 13.2 Å². The zero-order valence-corrected chi connectivity index (χ0v) is 14.7. The first-order chi connectivity index (χ1) is 12.2. The number of carbonyl (C=O) groups excluding carboxylic acids is 1. The fourth-order valence-electron chi connectivity index (χ4n) is 3.12. The molecule has 1 fully saturated rings. The SMILES string of the molecule is CC(NC(=O)CNCC1CCCO1)c1ccc(-c2ccccc2)cc1. The van der Waals surface area contributed by atoms with Gasteiger partial charge >= 0.3 is 0 Å². The van der Waals surface area contributed by atoms with Gasteiger partial charge in [0.05, 0.1) is 18.7 Å². The number of amides is 1. The van der Waals surface area contributed by atoms with Crippen molar-refractivity contribution in [2.45, 2.75) is 31.9 Å². The van der Waals surface area contributed by atoms with Crippen molar-refractivity contribution in [3.05, 3.63) is 60.2 Å². The van der Waals surface area contributed by atoms with E-state index in [-0.39, 0.29) is 18.1 Å². The lowest BCUT2D eigenvalue weighted by atomic mass is 10.0. The molecule has 1 amide bonds. The summed E-state index contributed by atoms with van der Waals surface area (Å²) in [5, 5.41) is 6.22. The van der Waals surface area contributed by atoms with Crippen molar-refractivity contribution in [3.63, 3.8) is 0 Å². The van der Waals surface area contributed by atoms with E-state index < -0.39 is 0 Å². The highest BCUT2D eigenvalue weighted by Gasteiger charge is 2.15. The van der Waals surface area contributed by atoms with E-state index in [0.717, 1.165) is 31.6 Å². The largest absolute Gasteiger partial charge is 0.377 e. The number of nitrogens with one attached hydrogen (secondary N) is 2. The number of benzene rings is 2. The molecule has 0 bridgehead atoms. The molecule has 2 unspecified atom stereocenters. The average molecular weight is 338 g/mol. The Morgan fingerprint density at radius 2 is 1.84 bits per heavy atom. The standard InChI is InChI=1S/C21H26N2O2/c1-16(23-21(24)15-22-14-20-8-5-13-25-20)17-9-11-19(12-10-17)18-6-3-2-4-7-18/h2-4,6-7,9-12,16,20,22H,5,8,13-15H2,1H3,(H,23,24). The van der Waals surface area contributed by atoms with Crippen molar-refractivity contribution in [3.8, 4) is 11.1 Å². The van der Waals surface area contributed by atoms with Crippen molar-refractivity contribution >= 4 is 5.91 Å². The molecule has 3 rings (SSSR count). The molecule has 0 aliphatic carbocycles. The highest BCUT2D eigenvalue weighted by Crippen LogP contribution is 2.21. The highest BCUT2D eigenvalue weighted by atomic mass is 16.5. The van der Waals surface area contributed by atoms with E-state index in [2.05, 4.69) is 47.0 Å². The molecular weight excluding hydrogens is 312 g/mol. The van der Waals surface area contributed by atoms with Crippen LogP contribution in [-0.4, -0.2) is 31.7 Å². The second-order valence-corrected chi connectivity index (χ2v) is 6.54. The van der Waals surface area contributed by atoms with Gasteiger partial charge in [-0.3, -0.25) is 4.79 Å². The normalized spacial score (nSPS) is 18.0. The van der Waals surface area contributed by atoms with Crippen LogP contribution >= 0.6 is 0 Å². The van der Waals surface area contributed by atoms with Crippen LogP contribution in [0.25, 0.3) is 11.1 Å². The van der Waals surface area contributed by atoms with E-state index >= 15 is 0 Å². The first kappa shape index (κ1) is 17.6. The molecule has 132 valence electrons. The Morgan fingerprint density at radius 3 is 2.52 bits per heavy atom. The molecular formula is C21H26N2O2. The fourth-order valence-corrected chi connectivity index (χ4v) is 3.12. The highest BCUT2D eigenvalue weighted by molar-refractivity contribution is 5.78. The van der Waals surface area contributed by atoms with Gasteiger partial charge in [0.1, 0.15) is 0 Å². The maximum Gasteiger partial charge on any atom is 0.234 e. The number of rotatable bonds is 7. The Bertz CT molecular complexity index is 664. The number of ether oxygens (including phenoxy) is 1. The molecule has 25 heavy (non-hydrogen) atoms. The van der Waals surface area contributed by atoms with E-state index in [4.69, 9.17) is 4.74 Å². The average Bonchev–Trinajstić information content (AvgIpc) is 3.16. The molecule has 1 aliphatic rings. The summed E-state index contributed by atoms with van der Waals surface area (Å²) in [5.74, 6) is 0.0117. The first-order valence-corrected chi connectivity index (χ1v) is 8.99. The van der Waals surface area contributed by atoms with E-state index in [0.29, 0.717) is 6.54 Å². The molecule has 2 atom stereocenters. The molecule has 0 radical (unpaired) electrons. The van der Waals surface area contributed by atoms with Gasteiger partial charge in [0.15, 0.2) is 0 Å². The Labute approximate surface area is 149 Å². The molecule has 1 aliphatic heterocycles. The van der Waals surface area contributed by atoms with E-state index in [9.17, 15) is 4.79 Å². The summed E-state index contributed by atoms with van der Waals surface area (Å²) in [6.45, 7) is 3.92. The smallest absolute Gasteiger partial charge is 0.234 e. The minimum Gasteiger partial charge on any atom is -0.377 e. The molecule has 2 aromatic carbocycles. The van der Waals surface area contributed by atoms with Gasteiger partial charge in [-0.1, -0.05) is 54.6 Å². The third kappa shape index (κ3) is 5.15. The third-order valence-electron chi connectivity index (χ3n) is 4.58. The van der Waals surface area contributed by atoms with Crippen LogP contribution < -0.4 is 10.6 Å². The van der Waals surface area contributed by atoms with Crippen molar-refractivity contribution < 1.29 is 9.53 Å². The van der Waals surface area contributed by atoms with Crippen LogP contribution in [0.4, 0.5) is 0 Å². The Kier molecular flexibility index (Phi) is 6.20. The maximum atomic E-state index is 12.1. The molecule has 4 heteroatoms. The number of hydrogen-bond acceptors (Lipinski definition) is 3. The second-order valence-electron chi connectivity index (χ2n) is 6.54. The van der Waals surface area contributed by atoms with Crippen LogP contribution in [-0.2, 0) is 9.53 Å². The molecule has 0 spiro atoms. The van der Waals surface area contributed by atoms with Crippen LogP contribution in [0.5, 0.6) is 0 Å². The fraction of sp³-hybridized carbons (Fsp3) is 0.381. The van der Waals surface area contributed by atoms with Crippen LogP contribution in [0.15, 0.2) is 54.6 Å². The Morgan fingerprint density at radius 1 is 1.12 bits per heavy atom. The van der Waals surface area contributed by atoms with E-state index in [1.807, 2.05) is 25.1 Å². The lowest BCUT2D eigenvalue weighted by Gasteiger charge is -2.16. The lowest BCUT2D eigenvalue weighted by Crippen LogP contribution is -2.38. The summed E-state index contributed by atoms with van der Waals surface area (Å²) in [6.07, 6.45) is 2.46. The summed E-state index contributed by atoms with van der Waals surface area (Å²) in [6, 6.07) is 18.6. The van der Waals surface area contributed by atoms with E-state index in [1.165, 1.54) is 11.1 Å². The van der Waals surface area contributed by atoms with Crippen molar-refractivity contribution in [1.82, 2.24) is 10.6 Å². The zero-order chi connectivity index (χ0) is 17.5. The Balaban J connectivity index is 1.47. The molecule has 1 saturated heterocycles. The molecule has 2 N–H and O–H groups in total. The van der Waals surface area contributed by atoms with Gasteiger partial charge in [-0.15, -0.1) is 0 Å². The molecule has 0 aromatic heterocycles. The van der Waals surface area contributed by atoms with Crippen molar-refractivity contribution in [2.24, 2.45) is 0 Å². The summed E-state index contributed by atoms with van der Waals surface area (Å²) in [5.41, 5.74) is 3.48. The van der Waals surface area contributed by atoms with Gasteiger partial charge in [0.2, 0.25) is 5.91 Å². The van der Waals surface area contributed by atoms with E-state index in [1.54, 1.807) is 0 Å².